The van der Waals surface area contributed by atoms with Crippen LogP contribution in [0, 0.1) is 0 Å². The molecular formula is C23H36N2O5. The van der Waals surface area contributed by atoms with Crippen molar-refractivity contribution in [3.05, 3.63) is 24.3 Å². The van der Waals surface area contributed by atoms with Gasteiger partial charge in [-0.2, -0.15) is 0 Å². The van der Waals surface area contributed by atoms with Crippen molar-refractivity contribution >= 4 is 17.5 Å². The molecule has 1 saturated heterocycles. The molecule has 0 aromatic heterocycles. The molecule has 168 valence electrons. The summed E-state index contributed by atoms with van der Waals surface area (Å²) in [4.78, 5) is 26.8. The average Bonchev–Trinajstić information content (AvgIpc) is 2.77. The van der Waals surface area contributed by atoms with Gasteiger partial charge in [-0.3, -0.25) is 9.59 Å². The molecule has 7 nitrogen and oxygen atoms in total. The Labute approximate surface area is 180 Å². The maximum Gasteiger partial charge on any atom is 0.260 e. The van der Waals surface area contributed by atoms with Crippen molar-refractivity contribution in [1.29, 1.82) is 0 Å². The normalized spacial score (nSPS) is 16.0. The van der Waals surface area contributed by atoms with E-state index in [0.29, 0.717) is 50.8 Å². The van der Waals surface area contributed by atoms with E-state index in [0.717, 1.165) is 25.7 Å². The fourth-order valence-corrected chi connectivity index (χ4v) is 3.24. The first kappa shape index (κ1) is 24.2. The second-order valence-corrected chi connectivity index (χ2v) is 7.80. The minimum atomic E-state index is -0.842. The summed E-state index contributed by atoms with van der Waals surface area (Å²) in [5, 5.41) is 2.95. The van der Waals surface area contributed by atoms with E-state index < -0.39 is 5.60 Å². The predicted octanol–water partition coefficient (Wildman–Crippen LogP) is 3.63. The van der Waals surface area contributed by atoms with Crippen molar-refractivity contribution < 1.29 is 23.8 Å². The summed E-state index contributed by atoms with van der Waals surface area (Å²) in [7, 11) is 0. The van der Waals surface area contributed by atoms with Crippen LogP contribution in [0.25, 0.3) is 0 Å². The second-order valence-electron chi connectivity index (χ2n) is 7.80. The van der Waals surface area contributed by atoms with Crippen LogP contribution >= 0.6 is 0 Å². The highest BCUT2D eigenvalue weighted by atomic mass is 16.5. The Kier molecular flexibility index (Phi) is 10.1. The van der Waals surface area contributed by atoms with Gasteiger partial charge in [0, 0.05) is 25.4 Å². The van der Waals surface area contributed by atoms with E-state index in [9.17, 15) is 9.59 Å². The van der Waals surface area contributed by atoms with Crippen LogP contribution in [0.4, 0.5) is 5.69 Å². The number of unbranched alkanes of at least 4 members (excludes halogenated alkanes) is 2. The van der Waals surface area contributed by atoms with Crippen LogP contribution in [0.1, 0.15) is 52.9 Å². The second kappa shape index (κ2) is 12.5. The molecule has 1 aliphatic heterocycles. The lowest BCUT2D eigenvalue weighted by Gasteiger charge is -2.29. The lowest BCUT2D eigenvalue weighted by molar-refractivity contribution is -0.140. The van der Waals surface area contributed by atoms with Gasteiger partial charge in [0.2, 0.25) is 0 Å². The van der Waals surface area contributed by atoms with Crippen LogP contribution in [-0.2, 0) is 19.1 Å². The van der Waals surface area contributed by atoms with E-state index in [-0.39, 0.29) is 18.4 Å². The minimum absolute atomic E-state index is 0.00787. The number of carbonyl (C=O) groups is 2. The number of nitrogens with one attached hydrogen (secondary N) is 1. The summed E-state index contributed by atoms with van der Waals surface area (Å²) < 4.78 is 16.8. The van der Waals surface area contributed by atoms with Crippen LogP contribution in [0.5, 0.6) is 5.75 Å². The first-order valence-electron chi connectivity index (χ1n) is 11.0. The first-order valence-corrected chi connectivity index (χ1v) is 11.0. The summed E-state index contributed by atoms with van der Waals surface area (Å²) in [6.07, 6.45) is 4.69. The van der Waals surface area contributed by atoms with Crippen molar-refractivity contribution in [2.75, 3.05) is 44.8 Å². The summed E-state index contributed by atoms with van der Waals surface area (Å²) in [6.45, 7) is 8.93. The predicted molar refractivity (Wildman–Crippen MR) is 117 cm³/mol. The van der Waals surface area contributed by atoms with Crippen LogP contribution in [0.3, 0.4) is 0 Å². The Morgan fingerprint density at radius 1 is 1.10 bits per heavy atom. The van der Waals surface area contributed by atoms with E-state index in [4.69, 9.17) is 14.2 Å². The molecule has 0 radical (unpaired) electrons. The zero-order chi connectivity index (χ0) is 21.8. The highest BCUT2D eigenvalue weighted by Gasteiger charge is 2.33. The number of carbonyl (C=O) groups excluding carboxylic acids is 2. The SMILES string of the molecule is CCCCC[C@@](C)(OCCC)C(=O)Nc1ccc(OCC(=O)N2CCOCC2)cc1. The topological polar surface area (TPSA) is 77.1 Å². The largest absolute Gasteiger partial charge is 0.484 e. The Morgan fingerprint density at radius 2 is 1.80 bits per heavy atom. The molecule has 0 unspecified atom stereocenters. The van der Waals surface area contributed by atoms with Gasteiger partial charge in [-0.05, 0) is 44.0 Å². The Hall–Kier alpha value is -2.12. The molecule has 7 heteroatoms. The molecule has 2 amide bonds. The van der Waals surface area contributed by atoms with Crippen molar-refractivity contribution in [3.8, 4) is 5.75 Å². The molecular weight excluding hydrogens is 384 g/mol. The number of hydrogen-bond acceptors (Lipinski definition) is 5. The number of anilines is 1. The van der Waals surface area contributed by atoms with Gasteiger partial charge in [0.25, 0.3) is 11.8 Å². The molecule has 1 N–H and O–H groups in total. The fourth-order valence-electron chi connectivity index (χ4n) is 3.24. The smallest absolute Gasteiger partial charge is 0.260 e. The molecule has 30 heavy (non-hydrogen) atoms. The maximum atomic E-state index is 12.9. The van der Waals surface area contributed by atoms with Crippen molar-refractivity contribution in [2.24, 2.45) is 0 Å². The van der Waals surface area contributed by atoms with Gasteiger partial charge in [-0.1, -0.05) is 33.1 Å². The Bertz CT molecular complexity index is 658. The quantitative estimate of drug-likeness (QED) is 0.523. The lowest BCUT2D eigenvalue weighted by Crippen LogP contribution is -2.43. The van der Waals surface area contributed by atoms with E-state index in [1.54, 1.807) is 29.2 Å². The van der Waals surface area contributed by atoms with E-state index in [1.807, 2.05) is 13.8 Å². The summed E-state index contributed by atoms with van der Waals surface area (Å²) in [6, 6.07) is 7.06. The zero-order valence-corrected chi connectivity index (χ0v) is 18.6. The van der Waals surface area contributed by atoms with Gasteiger partial charge in [-0.25, -0.2) is 0 Å². The first-order chi connectivity index (χ1) is 14.5. The number of nitrogens with zero attached hydrogens (tertiary/aromatic N) is 1. The maximum absolute atomic E-state index is 12.9. The standard InChI is InChI=1S/C23H36N2O5/c1-4-6-7-12-23(3,30-15-5-2)22(27)24-19-8-10-20(11-9-19)29-18-21(26)25-13-16-28-17-14-25/h8-11H,4-7,12-18H2,1-3H3,(H,24,27)/t23-/m1/s1. The van der Waals surface area contributed by atoms with E-state index >= 15 is 0 Å². The number of ether oxygens (including phenoxy) is 3. The van der Waals surface area contributed by atoms with Gasteiger partial charge < -0.3 is 24.4 Å². The fraction of sp³-hybridized carbons (Fsp3) is 0.652. The minimum Gasteiger partial charge on any atom is -0.484 e. The molecule has 1 aromatic rings. The lowest BCUT2D eigenvalue weighted by atomic mass is 9.96. The summed E-state index contributed by atoms with van der Waals surface area (Å²) in [5.41, 5.74) is -0.168. The van der Waals surface area contributed by atoms with Crippen molar-refractivity contribution in [1.82, 2.24) is 4.90 Å². The molecule has 1 fully saturated rings. The zero-order valence-electron chi connectivity index (χ0n) is 18.6. The molecule has 0 spiro atoms. The molecule has 0 bridgehead atoms. The number of hydrogen-bond donors (Lipinski definition) is 1. The Morgan fingerprint density at radius 3 is 2.43 bits per heavy atom. The molecule has 1 aliphatic rings. The van der Waals surface area contributed by atoms with Crippen LogP contribution < -0.4 is 10.1 Å². The van der Waals surface area contributed by atoms with E-state index in [1.165, 1.54) is 0 Å². The third kappa shape index (κ3) is 7.61. The molecule has 0 saturated carbocycles. The highest BCUT2D eigenvalue weighted by Crippen LogP contribution is 2.23. The number of morpholine rings is 1. The Balaban J connectivity index is 1.87. The highest BCUT2D eigenvalue weighted by molar-refractivity contribution is 5.97. The van der Waals surface area contributed by atoms with Gasteiger partial charge in [0.05, 0.1) is 13.2 Å². The van der Waals surface area contributed by atoms with Crippen LogP contribution in [0.2, 0.25) is 0 Å². The van der Waals surface area contributed by atoms with Gasteiger partial charge in [0.1, 0.15) is 11.4 Å². The summed E-state index contributed by atoms with van der Waals surface area (Å²) >= 11 is 0. The third-order valence-electron chi connectivity index (χ3n) is 5.20. The molecule has 2 rings (SSSR count). The van der Waals surface area contributed by atoms with Crippen molar-refractivity contribution in [3.63, 3.8) is 0 Å². The molecule has 1 heterocycles. The number of benzene rings is 1. The molecule has 0 aliphatic carbocycles. The number of amides is 2. The van der Waals surface area contributed by atoms with Crippen LogP contribution in [0.15, 0.2) is 24.3 Å². The van der Waals surface area contributed by atoms with Gasteiger partial charge >= 0.3 is 0 Å². The molecule has 1 atom stereocenters. The van der Waals surface area contributed by atoms with Gasteiger partial charge in [-0.15, -0.1) is 0 Å². The van der Waals surface area contributed by atoms with E-state index in [2.05, 4.69) is 12.2 Å². The number of rotatable bonds is 12. The van der Waals surface area contributed by atoms with Gasteiger partial charge in [0.15, 0.2) is 6.61 Å². The molecule has 1 aromatic carbocycles. The third-order valence-corrected chi connectivity index (χ3v) is 5.20. The van der Waals surface area contributed by atoms with Crippen molar-refractivity contribution in [2.45, 2.75) is 58.5 Å². The average molecular weight is 421 g/mol. The van der Waals surface area contributed by atoms with Crippen LogP contribution in [-0.4, -0.2) is 61.8 Å². The summed E-state index contributed by atoms with van der Waals surface area (Å²) in [5.74, 6) is 0.400. The monoisotopic (exact) mass is 420 g/mol.